The van der Waals surface area contributed by atoms with Gasteiger partial charge in [-0.25, -0.2) is 4.39 Å². The molecule has 0 spiro atoms. The van der Waals surface area contributed by atoms with Crippen LogP contribution in [0.1, 0.15) is 22.7 Å². The van der Waals surface area contributed by atoms with Gasteiger partial charge >= 0.3 is 0 Å². The van der Waals surface area contributed by atoms with Crippen LogP contribution in [0, 0.1) is 12.7 Å². The lowest BCUT2D eigenvalue weighted by atomic mass is 10.2. The highest BCUT2D eigenvalue weighted by atomic mass is 35.5. The Balaban J connectivity index is 2.15. The van der Waals surface area contributed by atoms with E-state index in [1.165, 1.54) is 21.9 Å². The molecular weight excluding hydrogens is 257 g/mol. The highest BCUT2D eigenvalue weighted by Gasteiger charge is 2.09. The molecule has 4 heteroatoms. The van der Waals surface area contributed by atoms with Crippen LogP contribution >= 0.6 is 22.9 Å². The molecule has 1 unspecified atom stereocenters. The molecule has 90 valence electrons. The van der Waals surface area contributed by atoms with E-state index in [0.29, 0.717) is 5.02 Å². The number of halogens is 2. The summed E-state index contributed by atoms with van der Waals surface area (Å²) in [4.78, 5) is 2.52. The van der Waals surface area contributed by atoms with Gasteiger partial charge < -0.3 is 5.32 Å². The van der Waals surface area contributed by atoms with Crippen LogP contribution in [-0.4, -0.2) is 0 Å². The van der Waals surface area contributed by atoms with Crippen molar-refractivity contribution >= 4 is 28.6 Å². The van der Waals surface area contributed by atoms with Gasteiger partial charge in [-0.1, -0.05) is 11.6 Å². The normalized spacial score (nSPS) is 12.5. The van der Waals surface area contributed by atoms with Crippen molar-refractivity contribution < 1.29 is 4.39 Å². The van der Waals surface area contributed by atoms with Crippen LogP contribution in [0.15, 0.2) is 30.3 Å². The largest absolute Gasteiger partial charge is 0.376 e. The maximum absolute atomic E-state index is 12.9. The minimum Gasteiger partial charge on any atom is -0.376 e. The van der Waals surface area contributed by atoms with Crippen molar-refractivity contribution in [3.8, 4) is 0 Å². The molecule has 0 saturated heterocycles. The molecule has 0 bridgehead atoms. The Bertz CT molecular complexity index is 524. The van der Waals surface area contributed by atoms with Crippen molar-refractivity contribution in [2.75, 3.05) is 5.32 Å². The van der Waals surface area contributed by atoms with E-state index in [0.717, 1.165) is 5.69 Å². The van der Waals surface area contributed by atoms with Gasteiger partial charge in [-0.3, -0.25) is 0 Å². The third-order valence-corrected chi connectivity index (χ3v) is 3.99. The Kier molecular flexibility index (Phi) is 3.69. The molecule has 2 aromatic rings. The number of rotatable bonds is 3. The maximum Gasteiger partial charge on any atom is 0.124 e. The average molecular weight is 270 g/mol. The number of hydrogen-bond donors (Lipinski definition) is 1. The number of hydrogen-bond acceptors (Lipinski definition) is 2. The fourth-order valence-corrected chi connectivity index (χ4v) is 2.70. The first-order valence-electron chi connectivity index (χ1n) is 5.34. The van der Waals surface area contributed by atoms with Crippen molar-refractivity contribution in [2.24, 2.45) is 0 Å². The Labute approximate surface area is 109 Å². The minimum atomic E-state index is -0.319. The monoisotopic (exact) mass is 269 g/mol. The highest BCUT2D eigenvalue weighted by molar-refractivity contribution is 7.12. The summed E-state index contributed by atoms with van der Waals surface area (Å²) in [5.74, 6) is -0.319. The van der Waals surface area contributed by atoms with Crippen LogP contribution in [-0.2, 0) is 0 Å². The van der Waals surface area contributed by atoms with Gasteiger partial charge in [-0.15, -0.1) is 11.3 Å². The first kappa shape index (κ1) is 12.4. The highest BCUT2D eigenvalue weighted by Crippen LogP contribution is 2.29. The van der Waals surface area contributed by atoms with Gasteiger partial charge in [0.05, 0.1) is 16.8 Å². The molecule has 17 heavy (non-hydrogen) atoms. The van der Waals surface area contributed by atoms with Crippen LogP contribution in [0.4, 0.5) is 10.1 Å². The molecule has 1 nitrogen and oxygen atoms in total. The van der Waals surface area contributed by atoms with E-state index >= 15 is 0 Å². The third-order valence-electron chi connectivity index (χ3n) is 2.49. The second kappa shape index (κ2) is 5.07. The summed E-state index contributed by atoms with van der Waals surface area (Å²) in [5, 5.41) is 3.69. The van der Waals surface area contributed by atoms with Crippen LogP contribution in [0.5, 0.6) is 0 Å². The molecule has 0 fully saturated rings. The molecule has 0 amide bonds. The molecule has 1 aromatic heterocycles. The lowest BCUT2D eigenvalue weighted by molar-refractivity contribution is 0.628. The summed E-state index contributed by atoms with van der Waals surface area (Å²) < 4.78 is 12.9. The van der Waals surface area contributed by atoms with E-state index in [1.807, 2.05) is 0 Å². The lowest BCUT2D eigenvalue weighted by Crippen LogP contribution is -2.05. The molecule has 1 aromatic carbocycles. The zero-order valence-corrected chi connectivity index (χ0v) is 11.2. The zero-order chi connectivity index (χ0) is 12.4. The van der Waals surface area contributed by atoms with E-state index in [1.54, 1.807) is 17.4 Å². The van der Waals surface area contributed by atoms with E-state index in [2.05, 4.69) is 31.3 Å². The Hall–Kier alpha value is -1.06. The van der Waals surface area contributed by atoms with Gasteiger partial charge in [0.2, 0.25) is 0 Å². The second-order valence-electron chi connectivity index (χ2n) is 3.94. The van der Waals surface area contributed by atoms with E-state index in [9.17, 15) is 4.39 Å². The van der Waals surface area contributed by atoms with Gasteiger partial charge in [0.25, 0.3) is 0 Å². The standard InChI is InChI=1S/C13H13ClFNS/c1-8-3-6-13(17-8)9(2)16-12-5-4-10(15)7-11(12)14/h3-7,9,16H,1-2H3. The van der Waals surface area contributed by atoms with Gasteiger partial charge in [0.15, 0.2) is 0 Å². The summed E-state index contributed by atoms with van der Waals surface area (Å²) in [6.45, 7) is 4.14. The number of nitrogens with one attached hydrogen (secondary N) is 1. The molecule has 2 rings (SSSR count). The SMILES string of the molecule is Cc1ccc(C(C)Nc2ccc(F)cc2Cl)s1. The molecule has 0 aliphatic heterocycles. The maximum atomic E-state index is 12.9. The quantitative estimate of drug-likeness (QED) is 0.825. The van der Waals surface area contributed by atoms with Gasteiger partial charge in [0, 0.05) is 9.75 Å². The van der Waals surface area contributed by atoms with Crippen molar-refractivity contribution in [2.45, 2.75) is 19.9 Å². The first-order chi connectivity index (χ1) is 8.06. The molecule has 0 aliphatic rings. The van der Waals surface area contributed by atoms with Crippen molar-refractivity contribution in [1.29, 1.82) is 0 Å². The predicted molar refractivity (Wildman–Crippen MR) is 72.5 cm³/mol. The van der Waals surface area contributed by atoms with E-state index in [4.69, 9.17) is 11.6 Å². The average Bonchev–Trinajstić information content (AvgIpc) is 2.69. The number of anilines is 1. The fraction of sp³-hybridized carbons (Fsp3) is 0.231. The molecule has 0 aliphatic carbocycles. The first-order valence-corrected chi connectivity index (χ1v) is 6.53. The van der Waals surface area contributed by atoms with Crippen molar-refractivity contribution in [3.05, 3.63) is 50.9 Å². The van der Waals surface area contributed by atoms with E-state index in [-0.39, 0.29) is 11.9 Å². The topological polar surface area (TPSA) is 12.0 Å². The smallest absolute Gasteiger partial charge is 0.124 e. The molecule has 1 heterocycles. The molecule has 1 atom stereocenters. The lowest BCUT2D eigenvalue weighted by Gasteiger charge is -2.14. The summed E-state index contributed by atoms with van der Waals surface area (Å²) in [7, 11) is 0. The molecule has 0 radical (unpaired) electrons. The zero-order valence-electron chi connectivity index (χ0n) is 9.63. The third kappa shape index (κ3) is 2.99. The minimum absolute atomic E-state index is 0.164. The number of thiophene rings is 1. The van der Waals surface area contributed by atoms with Gasteiger partial charge in [-0.2, -0.15) is 0 Å². The van der Waals surface area contributed by atoms with Crippen LogP contribution in [0.2, 0.25) is 5.02 Å². The summed E-state index contributed by atoms with van der Waals surface area (Å²) in [5.41, 5.74) is 0.756. The fourth-order valence-electron chi connectivity index (χ4n) is 1.60. The van der Waals surface area contributed by atoms with Crippen molar-refractivity contribution in [1.82, 2.24) is 0 Å². The molecule has 0 saturated carbocycles. The van der Waals surface area contributed by atoms with Crippen LogP contribution < -0.4 is 5.32 Å². The summed E-state index contributed by atoms with van der Waals surface area (Å²) in [6, 6.07) is 8.72. The Morgan fingerprint density at radius 1 is 1.29 bits per heavy atom. The number of benzene rings is 1. The Morgan fingerprint density at radius 2 is 2.06 bits per heavy atom. The van der Waals surface area contributed by atoms with E-state index < -0.39 is 0 Å². The van der Waals surface area contributed by atoms with Gasteiger partial charge in [0.1, 0.15) is 5.82 Å². The van der Waals surface area contributed by atoms with Crippen LogP contribution in [0.25, 0.3) is 0 Å². The van der Waals surface area contributed by atoms with Gasteiger partial charge in [-0.05, 0) is 44.2 Å². The Morgan fingerprint density at radius 3 is 2.65 bits per heavy atom. The predicted octanol–water partition coefficient (Wildman–Crippen LogP) is 5.02. The number of aryl methyl sites for hydroxylation is 1. The molecular formula is C13H13ClFNS. The second-order valence-corrected chi connectivity index (χ2v) is 5.67. The van der Waals surface area contributed by atoms with Crippen LogP contribution in [0.3, 0.4) is 0 Å². The molecule has 1 N–H and O–H groups in total. The van der Waals surface area contributed by atoms with Crippen molar-refractivity contribution in [3.63, 3.8) is 0 Å². The summed E-state index contributed by atoms with van der Waals surface area (Å²) in [6.07, 6.45) is 0. The summed E-state index contributed by atoms with van der Waals surface area (Å²) >= 11 is 7.71.